The molecular formula is C16H13F2NO4. The average Bonchev–Trinajstić information content (AvgIpc) is 2.55. The van der Waals surface area contributed by atoms with Crippen molar-refractivity contribution in [1.29, 1.82) is 0 Å². The van der Waals surface area contributed by atoms with Crippen molar-refractivity contribution >= 4 is 11.6 Å². The second kappa shape index (κ2) is 6.51. The van der Waals surface area contributed by atoms with Crippen molar-refractivity contribution in [2.75, 3.05) is 11.9 Å². The minimum absolute atomic E-state index is 0.0285. The van der Waals surface area contributed by atoms with E-state index < -0.39 is 18.6 Å². The van der Waals surface area contributed by atoms with Crippen LogP contribution in [0.4, 0.5) is 14.5 Å². The summed E-state index contributed by atoms with van der Waals surface area (Å²) in [4.78, 5) is 12.3. The molecule has 0 bridgehead atoms. The highest BCUT2D eigenvalue weighted by atomic mass is 19.3. The number of anilines is 1. The van der Waals surface area contributed by atoms with Crippen molar-refractivity contribution in [3.8, 4) is 17.2 Å². The maximum absolute atomic E-state index is 12.4. The summed E-state index contributed by atoms with van der Waals surface area (Å²) in [5.41, 5.74) is 0.139. The molecule has 0 aliphatic carbocycles. The highest BCUT2D eigenvalue weighted by Gasteiger charge is 2.28. The molecule has 5 nitrogen and oxygen atoms in total. The summed E-state index contributed by atoms with van der Waals surface area (Å²) in [5.74, 6) is 0.381. The second-order valence-electron chi connectivity index (χ2n) is 4.73. The first kappa shape index (κ1) is 15.1. The SMILES string of the molecule is O=C(Nc1ccccc1OC(F)F)C1COc2ccccc2O1. The third-order valence-corrected chi connectivity index (χ3v) is 3.16. The zero-order valence-electron chi connectivity index (χ0n) is 11.9. The zero-order chi connectivity index (χ0) is 16.2. The summed E-state index contributed by atoms with van der Waals surface area (Å²) in [7, 11) is 0. The average molecular weight is 321 g/mol. The molecule has 1 unspecified atom stereocenters. The summed E-state index contributed by atoms with van der Waals surface area (Å²) in [5, 5.41) is 2.51. The summed E-state index contributed by atoms with van der Waals surface area (Å²) >= 11 is 0. The van der Waals surface area contributed by atoms with Gasteiger partial charge in [0.25, 0.3) is 5.91 Å². The molecule has 1 aliphatic rings. The number of amides is 1. The van der Waals surface area contributed by atoms with Gasteiger partial charge in [0, 0.05) is 0 Å². The largest absolute Gasteiger partial charge is 0.485 e. The quantitative estimate of drug-likeness (QED) is 0.940. The smallest absolute Gasteiger partial charge is 0.387 e. The molecule has 0 radical (unpaired) electrons. The van der Waals surface area contributed by atoms with Gasteiger partial charge in [-0.05, 0) is 24.3 Å². The molecule has 3 rings (SSSR count). The van der Waals surface area contributed by atoms with Crippen molar-refractivity contribution in [3.63, 3.8) is 0 Å². The van der Waals surface area contributed by atoms with Crippen LogP contribution in [0.2, 0.25) is 0 Å². The summed E-state index contributed by atoms with van der Waals surface area (Å²) in [6.45, 7) is -2.95. The van der Waals surface area contributed by atoms with E-state index in [-0.39, 0.29) is 18.0 Å². The number of alkyl halides is 2. The van der Waals surface area contributed by atoms with Crippen molar-refractivity contribution in [1.82, 2.24) is 0 Å². The zero-order valence-corrected chi connectivity index (χ0v) is 11.9. The number of carbonyl (C=O) groups excluding carboxylic acids is 1. The van der Waals surface area contributed by atoms with Crippen molar-refractivity contribution < 1.29 is 27.8 Å². The molecule has 2 aromatic rings. The maximum Gasteiger partial charge on any atom is 0.387 e. The minimum atomic E-state index is -2.98. The predicted octanol–water partition coefficient (Wildman–Crippen LogP) is 3.07. The lowest BCUT2D eigenvalue weighted by atomic mass is 10.2. The van der Waals surface area contributed by atoms with E-state index in [4.69, 9.17) is 9.47 Å². The van der Waals surface area contributed by atoms with E-state index in [1.54, 1.807) is 30.3 Å². The summed E-state index contributed by atoms with van der Waals surface area (Å²) in [6, 6.07) is 12.9. The molecule has 0 spiro atoms. The van der Waals surface area contributed by atoms with Crippen LogP contribution >= 0.6 is 0 Å². The number of para-hydroxylation sites is 4. The van der Waals surface area contributed by atoms with Gasteiger partial charge in [-0.2, -0.15) is 8.78 Å². The van der Waals surface area contributed by atoms with Gasteiger partial charge in [-0.15, -0.1) is 0 Å². The van der Waals surface area contributed by atoms with E-state index in [1.165, 1.54) is 18.2 Å². The lowest BCUT2D eigenvalue weighted by molar-refractivity contribution is -0.125. The Morgan fingerprint density at radius 3 is 2.61 bits per heavy atom. The molecule has 120 valence electrons. The fraction of sp³-hybridized carbons (Fsp3) is 0.188. The molecule has 1 N–H and O–H groups in total. The van der Waals surface area contributed by atoms with Gasteiger partial charge >= 0.3 is 6.61 Å². The van der Waals surface area contributed by atoms with Crippen LogP contribution in [0.5, 0.6) is 17.2 Å². The Kier molecular flexibility index (Phi) is 4.27. The van der Waals surface area contributed by atoms with E-state index in [0.29, 0.717) is 11.5 Å². The van der Waals surface area contributed by atoms with Gasteiger partial charge < -0.3 is 19.5 Å². The predicted molar refractivity (Wildman–Crippen MR) is 78.1 cm³/mol. The third kappa shape index (κ3) is 3.50. The van der Waals surface area contributed by atoms with Gasteiger partial charge in [0.1, 0.15) is 12.4 Å². The highest BCUT2D eigenvalue weighted by Crippen LogP contribution is 2.32. The van der Waals surface area contributed by atoms with E-state index >= 15 is 0 Å². The molecule has 7 heteroatoms. The lowest BCUT2D eigenvalue weighted by Gasteiger charge is -2.25. The second-order valence-corrected chi connectivity index (χ2v) is 4.73. The van der Waals surface area contributed by atoms with Crippen molar-refractivity contribution in [2.24, 2.45) is 0 Å². The normalized spacial score (nSPS) is 16.0. The van der Waals surface area contributed by atoms with E-state index in [9.17, 15) is 13.6 Å². The lowest BCUT2D eigenvalue weighted by Crippen LogP contribution is -2.40. The number of carbonyl (C=O) groups is 1. The van der Waals surface area contributed by atoms with Crippen LogP contribution in [0, 0.1) is 0 Å². The van der Waals surface area contributed by atoms with Crippen LogP contribution in [0.25, 0.3) is 0 Å². The molecule has 1 amide bonds. The monoisotopic (exact) mass is 321 g/mol. The van der Waals surface area contributed by atoms with Crippen molar-refractivity contribution in [3.05, 3.63) is 48.5 Å². The van der Waals surface area contributed by atoms with Crippen LogP contribution in [-0.4, -0.2) is 25.2 Å². The van der Waals surface area contributed by atoms with Gasteiger partial charge in [-0.1, -0.05) is 24.3 Å². The molecule has 0 fully saturated rings. The number of halogens is 2. The maximum atomic E-state index is 12.4. The van der Waals surface area contributed by atoms with Gasteiger partial charge in [-0.3, -0.25) is 4.79 Å². The van der Waals surface area contributed by atoms with Gasteiger partial charge in [0.2, 0.25) is 6.10 Å². The Hall–Kier alpha value is -2.83. The number of hydrogen-bond acceptors (Lipinski definition) is 4. The van der Waals surface area contributed by atoms with Crippen molar-refractivity contribution in [2.45, 2.75) is 12.7 Å². The van der Waals surface area contributed by atoms with Crippen LogP contribution in [-0.2, 0) is 4.79 Å². The highest BCUT2D eigenvalue weighted by molar-refractivity contribution is 5.96. The molecule has 1 atom stereocenters. The Balaban J connectivity index is 1.71. The van der Waals surface area contributed by atoms with E-state index in [0.717, 1.165) is 0 Å². The topological polar surface area (TPSA) is 56.8 Å². The Morgan fingerprint density at radius 1 is 1.13 bits per heavy atom. The molecule has 1 aliphatic heterocycles. The number of benzene rings is 2. The van der Waals surface area contributed by atoms with Crippen LogP contribution in [0.15, 0.2) is 48.5 Å². The molecule has 0 saturated heterocycles. The summed E-state index contributed by atoms with van der Waals surface area (Å²) in [6.07, 6.45) is -0.885. The molecule has 23 heavy (non-hydrogen) atoms. The minimum Gasteiger partial charge on any atom is -0.485 e. The number of fused-ring (bicyclic) bond motifs is 1. The first-order valence-corrected chi connectivity index (χ1v) is 6.86. The summed E-state index contributed by atoms with van der Waals surface area (Å²) < 4.78 is 40.1. The fourth-order valence-corrected chi connectivity index (χ4v) is 2.13. The first-order valence-electron chi connectivity index (χ1n) is 6.86. The molecule has 0 aromatic heterocycles. The Bertz CT molecular complexity index is 708. The number of rotatable bonds is 4. The van der Waals surface area contributed by atoms with E-state index in [1.807, 2.05) is 0 Å². The molecule has 1 heterocycles. The van der Waals surface area contributed by atoms with E-state index in [2.05, 4.69) is 10.1 Å². The number of nitrogens with one attached hydrogen (secondary N) is 1. The number of ether oxygens (including phenoxy) is 3. The van der Waals surface area contributed by atoms with Crippen LogP contribution in [0.1, 0.15) is 0 Å². The van der Waals surface area contributed by atoms with Gasteiger partial charge in [0.15, 0.2) is 11.5 Å². The van der Waals surface area contributed by atoms with Crippen LogP contribution in [0.3, 0.4) is 0 Å². The third-order valence-electron chi connectivity index (χ3n) is 3.16. The van der Waals surface area contributed by atoms with Gasteiger partial charge in [0.05, 0.1) is 5.69 Å². The van der Waals surface area contributed by atoms with Gasteiger partial charge in [-0.25, -0.2) is 0 Å². The number of hydrogen-bond donors (Lipinski definition) is 1. The molecule has 2 aromatic carbocycles. The van der Waals surface area contributed by atoms with Crippen LogP contribution < -0.4 is 19.5 Å². The first-order chi connectivity index (χ1) is 11.1. The Morgan fingerprint density at radius 2 is 1.83 bits per heavy atom. The molecule has 0 saturated carbocycles. The Labute approximate surface area is 130 Å². The molecular weight excluding hydrogens is 308 g/mol. The fourth-order valence-electron chi connectivity index (χ4n) is 2.13. The standard InChI is InChI=1S/C16H13F2NO4/c17-16(18)23-11-6-2-1-5-10(11)19-15(20)14-9-21-12-7-3-4-8-13(12)22-14/h1-8,14,16H,9H2,(H,19,20).